The molecular formula is C26H19N2O+. The summed E-state index contributed by atoms with van der Waals surface area (Å²) in [6.45, 7) is 0.708. The van der Waals surface area contributed by atoms with Crippen LogP contribution in [0.3, 0.4) is 0 Å². The van der Waals surface area contributed by atoms with Crippen molar-refractivity contribution >= 4 is 5.78 Å². The number of carbonyl (C=O) groups excluding carboxylic acids is 1. The van der Waals surface area contributed by atoms with Gasteiger partial charge in [-0.3, -0.25) is 4.79 Å². The molecule has 0 unspecified atom stereocenters. The Labute approximate surface area is 170 Å². The van der Waals surface area contributed by atoms with E-state index < -0.39 is 0 Å². The number of ketones is 1. The fraction of sp³-hybridized carbons (Fsp3) is 0.0385. The van der Waals surface area contributed by atoms with Crippen LogP contribution >= 0.6 is 0 Å². The number of hydrogen-bond donors (Lipinski definition) is 0. The van der Waals surface area contributed by atoms with Crippen LogP contribution in [0.25, 0.3) is 11.1 Å². The molecule has 3 heteroatoms. The highest BCUT2D eigenvalue weighted by molar-refractivity contribution is 6.08. The Morgan fingerprint density at radius 1 is 0.759 bits per heavy atom. The Balaban J connectivity index is 1.49. The van der Waals surface area contributed by atoms with Gasteiger partial charge in [-0.25, -0.2) is 4.57 Å². The van der Waals surface area contributed by atoms with Gasteiger partial charge in [-0.05, 0) is 17.2 Å². The number of rotatable bonds is 5. The fourth-order valence-electron chi connectivity index (χ4n) is 3.30. The maximum absolute atomic E-state index is 12.5. The molecule has 0 spiro atoms. The summed E-state index contributed by atoms with van der Waals surface area (Å²) in [6.07, 6.45) is 3.85. The van der Waals surface area contributed by atoms with Crippen LogP contribution in [0.2, 0.25) is 0 Å². The molecule has 0 N–H and O–H groups in total. The Morgan fingerprint density at radius 2 is 1.38 bits per heavy atom. The van der Waals surface area contributed by atoms with Crippen molar-refractivity contribution in [1.82, 2.24) is 0 Å². The fourth-order valence-corrected chi connectivity index (χ4v) is 3.30. The van der Waals surface area contributed by atoms with E-state index >= 15 is 0 Å². The monoisotopic (exact) mass is 375 g/mol. The molecular weight excluding hydrogens is 356 g/mol. The lowest BCUT2D eigenvalue weighted by Crippen LogP contribution is -2.33. The molecule has 0 amide bonds. The minimum Gasteiger partial charge on any atom is -0.289 e. The summed E-state index contributed by atoms with van der Waals surface area (Å²) in [5.41, 5.74) is 5.16. The van der Waals surface area contributed by atoms with Gasteiger partial charge in [0.1, 0.15) is 0 Å². The maximum Gasteiger partial charge on any atom is 0.193 e. The molecule has 0 saturated carbocycles. The Kier molecular flexibility index (Phi) is 5.27. The van der Waals surface area contributed by atoms with Gasteiger partial charge in [0.15, 0.2) is 24.7 Å². The molecule has 0 aliphatic carbocycles. The number of benzene rings is 3. The number of nitriles is 1. The largest absolute Gasteiger partial charge is 0.289 e. The van der Waals surface area contributed by atoms with Crippen LogP contribution in [-0.4, -0.2) is 5.78 Å². The molecule has 3 aromatic carbocycles. The zero-order chi connectivity index (χ0) is 20.1. The normalized spacial score (nSPS) is 10.3. The topological polar surface area (TPSA) is 44.7 Å². The lowest BCUT2D eigenvalue weighted by Gasteiger charge is -2.05. The first kappa shape index (κ1) is 18.3. The van der Waals surface area contributed by atoms with Gasteiger partial charge in [0.2, 0.25) is 0 Å². The number of nitrogens with zero attached hydrogens (tertiary/aromatic N) is 2. The quantitative estimate of drug-likeness (QED) is 0.372. The minimum atomic E-state index is 0.0262. The van der Waals surface area contributed by atoms with E-state index in [4.69, 9.17) is 0 Å². The summed E-state index contributed by atoms with van der Waals surface area (Å²) in [4.78, 5) is 12.5. The van der Waals surface area contributed by atoms with Crippen LogP contribution in [0.1, 0.15) is 27.0 Å². The van der Waals surface area contributed by atoms with Crippen LogP contribution in [0, 0.1) is 11.3 Å². The van der Waals surface area contributed by atoms with E-state index in [0.29, 0.717) is 23.2 Å². The van der Waals surface area contributed by atoms with E-state index in [1.54, 1.807) is 0 Å². The predicted molar refractivity (Wildman–Crippen MR) is 112 cm³/mol. The van der Waals surface area contributed by atoms with Crippen molar-refractivity contribution in [3.8, 4) is 17.2 Å². The van der Waals surface area contributed by atoms with E-state index in [2.05, 4.69) is 18.2 Å². The third kappa shape index (κ3) is 4.12. The van der Waals surface area contributed by atoms with E-state index in [1.807, 2.05) is 95.8 Å². The van der Waals surface area contributed by atoms with Gasteiger partial charge >= 0.3 is 0 Å². The van der Waals surface area contributed by atoms with Crippen molar-refractivity contribution in [1.29, 1.82) is 5.26 Å². The molecule has 3 nitrogen and oxygen atoms in total. The van der Waals surface area contributed by atoms with Crippen molar-refractivity contribution < 1.29 is 9.36 Å². The van der Waals surface area contributed by atoms with Crippen molar-refractivity contribution in [2.24, 2.45) is 0 Å². The molecule has 0 atom stereocenters. The van der Waals surface area contributed by atoms with Crippen molar-refractivity contribution in [3.05, 3.63) is 126 Å². The van der Waals surface area contributed by atoms with Gasteiger partial charge in [0, 0.05) is 28.8 Å². The number of pyridine rings is 1. The predicted octanol–water partition coefficient (Wildman–Crippen LogP) is 4.79. The molecule has 0 aliphatic heterocycles. The standard InChI is InChI=1S/C26H19N2O/c27-18-24-8-4-5-9-25(24)21-12-10-20(11-13-21)19-28-16-14-23(15-17-28)26(29)22-6-2-1-3-7-22/h1-17H,19H2/q+1. The molecule has 0 fully saturated rings. The molecule has 0 aliphatic rings. The van der Waals surface area contributed by atoms with Crippen LogP contribution in [0.5, 0.6) is 0 Å². The van der Waals surface area contributed by atoms with Gasteiger partial charge in [-0.15, -0.1) is 0 Å². The first-order valence-corrected chi connectivity index (χ1v) is 9.42. The molecule has 138 valence electrons. The minimum absolute atomic E-state index is 0.0262. The van der Waals surface area contributed by atoms with Crippen molar-refractivity contribution in [3.63, 3.8) is 0 Å². The highest BCUT2D eigenvalue weighted by Crippen LogP contribution is 2.23. The average molecular weight is 375 g/mol. The summed E-state index contributed by atoms with van der Waals surface area (Å²) in [7, 11) is 0. The van der Waals surface area contributed by atoms with Gasteiger partial charge in [0.25, 0.3) is 0 Å². The molecule has 4 rings (SSSR count). The summed E-state index contributed by atoms with van der Waals surface area (Å²) in [5, 5.41) is 9.29. The van der Waals surface area contributed by atoms with Crippen LogP contribution in [0.4, 0.5) is 0 Å². The highest BCUT2D eigenvalue weighted by Gasteiger charge is 2.11. The maximum atomic E-state index is 12.5. The van der Waals surface area contributed by atoms with Gasteiger partial charge in [-0.2, -0.15) is 5.26 Å². The zero-order valence-corrected chi connectivity index (χ0v) is 15.8. The Hall–Kier alpha value is -4.03. The van der Waals surface area contributed by atoms with Gasteiger partial charge in [-0.1, -0.05) is 72.8 Å². The second-order valence-corrected chi connectivity index (χ2v) is 6.81. The first-order chi connectivity index (χ1) is 14.2. The third-order valence-electron chi connectivity index (χ3n) is 4.87. The number of aromatic nitrogens is 1. The zero-order valence-electron chi connectivity index (χ0n) is 15.8. The molecule has 1 heterocycles. The third-order valence-corrected chi connectivity index (χ3v) is 4.87. The van der Waals surface area contributed by atoms with Gasteiger partial charge in [0.05, 0.1) is 11.6 Å². The SMILES string of the molecule is N#Cc1ccccc1-c1ccc(C[n+]2ccc(C(=O)c3ccccc3)cc2)cc1. The summed E-state index contributed by atoms with van der Waals surface area (Å²) >= 11 is 0. The molecule has 4 aromatic rings. The second kappa shape index (κ2) is 8.33. The van der Waals surface area contributed by atoms with Crippen LogP contribution < -0.4 is 4.57 Å². The Morgan fingerprint density at radius 3 is 2.07 bits per heavy atom. The average Bonchev–Trinajstić information content (AvgIpc) is 2.80. The van der Waals surface area contributed by atoms with Crippen molar-refractivity contribution in [2.45, 2.75) is 6.54 Å². The van der Waals surface area contributed by atoms with Gasteiger partial charge < -0.3 is 0 Å². The number of carbonyl (C=O) groups is 1. The van der Waals surface area contributed by atoms with Crippen LogP contribution in [0.15, 0.2) is 103 Å². The summed E-state index contributed by atoms with van der Waals surface area (Å²) in [5.74, 6) is 0.0262. The molecule has 0 bridgehead atoms. The smallest absolute Gasteiger partial charge is 0.193 e. The Bertz CT molecular complexity index is 1170. The second-order valence-electron chi connectivity index (χ2n) is 6.81. The first-order valence-electron chi connectivity index (χ1n) is 9.42. The molecule has 29 heavy (non-hydrogen) atoms. The lowest BCUT2D eigenvalue weighted by atomic mass is 9.99. The van der Waals surface area contributed by atoms with E-state index in [9.17, 15) is 10.1 Å². The molecule has 0 radical (unpaired) electrons. The summed E-state index contributed by atoms with van der Waals surface area (Å²) in [6, 6.07) is 31.1. The van der Waals surface area contributed by atoms with E-state index in [-0.39, 0.29) is 5.78 Å². The lowest BCUT2D eigenvalue weighted by molar-refractivity contribution is -0.688. The highest BCUT2D eigenvalue weighted by atomic mass is 16.1. The van der Waals surface area contributed by atoms with E-state index in [0.717, 1.165) is 16.7 Å². The number of hydrogen-bond acceptors (Lipinski definition) is 2. The van der Waals surface area contributed by atoms with Crippen molar-refractivity contribution in [2.75, 3.05) is 0 Å². The van der Waals surface area contributed by atoms with E-state index in [1.165, 1.54) is 0 Å². The molecule has 0 saturated heterocycles. The van der Waals surface area contributed by atoms with Crippen LogP contribution in [-0.2, 0) is 6.54 Å². The summed E-state index contributed by atoms with van der Waals surface area (Å²) < 4.78 is 2.04. The molecule has 1 aromatic heterocycles.